The number of nitrogens with one attached hydrogen (secondary N) is 1. The predicted molar refractivity (Wildman–Crippen MR) is 47.7 cm³/mol. The number of rotatable bonds is 2. The van der Waals surface area contributed by atoms with Crippen molar-refractivity contribution in [1.82, 2.24) is 5.32 Å². The minimum atomic E-state index is -0.115. The first kappa shape index (κ1) is 8.74. The van der Waals surface area contributed by atoms with Crippen LogP contribution in [-0.2, 0) is 0 Å². The Morgan fingerprint density at radius 1 is 1.50 bits per heavy atom. The Hall–Kier alpha value is -1.35. The summed E-state index contributed by atoms with van der Waals surface area (Å²) >= 11 is 0. The topological polar surface area (TPSA) is 55.1 Å². The minimum Gasteiger partial charge on any atom is -0.340 e. The number of hydrogen-bond acceptors (Lipinski definition) is 2. The molecule has 1 aromatic rings. The zero-order chi connectivity index (χ0) is 8.97. The second-order valence-corrected chi connectivity index (χ2v) is 2.52. The van der Waals surface area contributed by atoms with E-state index in [0.29, 0.717) is 5.56 Å². The number of aryl methyl sites for hydroxylation is 1. The molecule has 0 saturated carbocycles. The third kappa shape index (κ3) is 1.83. The van der Waals surface area contributed by atoms with Gasteiger partial charge in [-0.05, 0) is 18.6 Å². The van der Waals surface area contributed by atoms with E-state index in [4.69, 9.17) is 5.73 Å². The van der Waals surface area contributed by atoms with E-state index in [1.165, 1.54) is 0 Å². The first-order valence-electron chi connectivity index (χ1n) is 3.79. The molecular weight excluding hydrogens is 152 g/mol. The van der Waals surface area contributed by atoms with Gasteiger partial charge < -0.3 is 11.1 Å². The fourth-order valence-electron chi connectivity index (χ4n) is 1.02. The number of benzene rings is 1. The van der Waals surface area contributed by atoms with Gasteiger partial charge in [0.1, 0.15) is 0 Å². The van der Waals surface area contributed by atoms with E-state index >= 15 is 0 Å². The largest absolute Gasteiger partial charge is 0.340 e. The van der Waals surface area contributed by atoms with Gasteiger partial charge in [0.25, 0.3) is 5.91 Å². The molecule has 3 heteroatoms. The molecule has 0 unspecified atom stereocenters. The molecule has 0 fully saturated rings. The van der Waals surface area contributed by atoms with Gasteiger partial charge in [0.05, 0.1) is 6.67 Å². The molecule has 3 nitrogen and oxygen atoms in total. The van der Waals surface area contributed by atoms with Gasteiger partial charge in [0.15, 0.2) is 0 Å². The van der Waals surface area contributed by atoms with E-state index in [9.17, 15) is 4.79 Å². The van der Waals surface area contributed by atoms with E-state index in [1.807, 2.05) is 25.1 Å². The Morgan fingerprint density at radius 2 is 2.17 bits per heavy atom. The highest BCUT2D eigenvalue weighted by molar-refractivity contribution is 5.95. The molecule has 0 saturated heterocycles. The molecule has 0 radical (unpaired) electrons. The highest BCUT2D eigenvalue weighted by Gasteiger charge is 2.05. The second-order valence-electron chi connectivity index (χ2n) is 2.52. The maximum Gasteiger partial charge on any atom is 0.252 e. The van der Waals surface area contributed by atoms with E-state index < -0.39 is 0 Å². The van der Waals surface area contributed by atoms with E-state index in [-0.39, 0.29) is 12.6 Å². The molecule has 12 heavy (non-hydrogen) atoms. The number of hydrogen-bond donors (Lipinski definition) is 2. The number of nitrogens with two attached hydrogens (primary N) is 1. The van der Waals surface area contributed by atoms with Crippen molar-refractivity contribution in [1.29, 1.82) is 0 Å². The zero-order valence-electron chi connectivity index (χ0n) is 7.00. The van der Waals surface area contributed by atoms with E-state index in [0.717, 1.165) is 5.56 Å². The van der Waals surface area contributed by atoms with Crippen LogP contribution in [0.1, 0.15) is 15.9 Å². The Balaban J connectivity index is 2.87. The van der Waals surface area contributed by atoms with Gasteiger partial charge in [-0.25, -0.2) is 0 Å². The molecule has 0 spiro atoms. The van der Waals surface area contributed by atoms with E-state index in [1.54, 1.807) is 6.07 Å². The lowest BCUT2D eigenvalue weighted by Gasteiger charge is -2.04. The number of carbonyl (C=O) groups is 1. The van der Waals surface area contributed by atoms with Crippen molar-refractivity contribution in [2.24, 2.45) is 5.73 Å². The van der Waals surface area contributed by atoms with Crippen LogP contribution in [0.4, 0.5) is 0 Å². The minimum absolute atomic E-state index is 0.115. The molecule has 0 aliphatic heterocycles. The summed E-state index contributed by atoms with van der Waals surface area (Å²) in [6.07, 6.45) is 0. The molecule has 3 N–H and O–H groups in total. The number of amides is 1. The Morgan fingerprint density at radius 3 is 2.75 bits per heavy atom. The summed E-state index contributed by atoms with van der Waals surface area (Å²) < 4.78 is 0. The van der Waals surface area contributed by atoms with Crippen molar-refractivity contribution < 1.29 is 4.79 Å². The SMILES string of the molecule is Cc1ccccc1C(=O)NCN. The van der Waals surface area contributed by atoms with Crippen LogP contribution in [0.25, 0.3) is 0 Å². The second kappa shape index (κ2) is 3.88. The molecule has 64 valence electrons. The van der Waals surface area contributed by atoms with Crippen molar-refractivity contribution in [2.45, 2.75) is 6.92 Å². The lowest BCUT2D eigenvalue weighted by Crippen LogP contribution is -2.29. The molecule has 0 aliphatic carbocycles. The fraction of sp³-hybridized carbons (Fsp3) is 0.222. The molecule has 1 rings (SSSR count). The van der Waals surface area contributed by atoms with Crippen molar-refractivity contribution in [3.63, 3.8) is 0 Å². The Kier molecular flexibility index (Phi) is 2.82. The molecule has 0 aromatic heterocycles. The predicted octanol–water partition coefficient (Wildman–Crippen LogP) is 0.641. The van der Waals surface area contributed by atoms with Crippen LogP contribution < -0.4 is 11.1 Å². The first-order valence-corrected chi connectivity index (χ1v) is 3.79. The summed E-state index contributed by atoms with van der Waals surface area (Å²) in [4.78, 5) is 11.3. The third-order valence-corrected chi connectivity index (χ3v) is 1.65. The highest BCUT2D eigenvalue weighted by Crippen LogP contribution is 2.05. The van der Waals surface area contributed by atoms with Gasteiger partial charge in [-0.15, -0.1) is 0 Å². The van der Waals surface area contributed by atoms with Crippen LogP contribution in [0, 0.1) is 6.92 Å². The van der Waals surface area contributed by atoms with Crippen LogP contribution in [0.5, 0.6) is 0 Å². The van der Waals surface area contributed by atoms with Gasteiger partial charge in [-0.3, -0.25) is 4.79 Å². The van der Waals surface area contributed by atoms with Crippen LogP contribution in [0.15, 0.2) is 24.3 Å². The van der Waals surface area contributed by atoms with Crippen LogP contribution >= 0.6 is 0 Å². The van der Waals surface area contributed by atoms with Gasteiger partial charge >= 0.3 is 0 Å². The Bertz CT molecular complexity index is 284. The zero-order valence-corrected chi connectivity index (χ0v) is 7.00. The van der Waals surface area contributed by atoms with Crippen LogP contribution in [0.2, 0.25) is 0 Å². The third-order valence-electron chi connectivity index (χ3n) is 1.65. The van der Waals surface area contributed by atoms with Crippen molar-refractivity contribution in [3.8, 4) is 0 Å². The molecule has 0 bridgehead atoms. The highest BCUT2D eigenvalue weighted by atomic mass is 16.1. The maximum absolute atomic E-state index is 11.3. The van der Waals surface area contributed by atoms with Gasteiger partial charge in [0.2, 0.25) is 0 Å². The molecule has 1 amide bonds. The number of carbonyl (C=O) groups excluding carboxylic acids is 1. The lowest BCUT2D eigenvalue weighted by molar-refractivity contribution is 0.0954. The normalized spacial score (nSPS) is 9.50. The summed E-state index contributed by atoms with van der Waals surface area (Å²) in [6, 6.07) is 7.40. The average Bonchev–Trinajstić information content (AvgIpc) is 2.05. The quantitative estimate of drug-likeness (QED) is 0.630. The standard InChI is InChI=1S/C9H12N2O/c1-7-4-2-3-5-8(7)9(12)11-6-10/h2-5H,6,10H2,1H3,(H,11,12). The van der Waals surface area contributed by atoms with Gasteiger partial charge in [-0.2, -0.15) is 0 Å². The van der Waals surface area contributed by atoms with E-state index in [2.05, 4.69) is 5.32 Å². The smallest absolute Gasteiger partial charge is 0.252 e. The Labute approximate surface area is 71.6 Å². The molecule has 0 atom stereocenters. The lowest BCUT2D eigenvalue weighted by atomic mass is 10.1. The summed E-state index contributed by atoms with van der Waals surface area (Å²) in [5.74, 6) is -0.115. The summed E-state index contributed by atoms with van der Waals surface area (Å²) in [6.45, 7) is 2.07. The van der Waals surface area contributed by atoms with Crippen LogP contribution in [0.3, 0.4) is 0 Å². The molecule has 0 aliphatic rings. The monoisotopic (exact) mass is 164 g/mol. The van der Waals surface area contributed by atoms with Crippen LogP contribution in [-0.4, -0.2) is 12.6 Å². The maximum atomic E-state index is 11.3. The first-order chi connectivity index (χ1) is 5.75. The van der Waals surface area contributed by atoms with Gasteiger partial charge in [0, 0.05) is 5.56 Å². The fourth-order valence-corrected chi connectivity index (χ4v) is 1.02. The average molecular weight is 164 g/mol. The van der Waals surface area contributed by atoms with Gasteiger partial charge in [-0.1, -0.05) is 18.2 Å². The summed E-state index contributed by atoms with van der Waals surface area (Å²) in [7, 11) is 0. The summed E-state index contributed by atoms with van der Waals surface area (Å²) in [5, 5.41) is 2.54. The van der Waals surface area contributed by atoms with Crippen molar-refractivity contribution in [2.75, 3.05) is 6.67 Å². The molecule has 1 aromatic carbocycles. The molecular formula is C9H12N2O. The molecule has 0 heterocycles. The summed E-state index contributed by atoms with van der Waals surface area (Å²) in [5.41, 5.74) is 6.83. The van der Waals surface area contributed by atoms with Crippen molar-refractivity contribution >= 4 is 5.91 Å². The van der Waals surface area contributed by atoms with Crippen molar-refractivity contribution in [3.05, 3.63) is 35.4 Å².